The van der Waals surface area contributed by atoms with Gasteiger partial charge in [-0.05, 0) is 25.2 Å². The van der Waals surface area contributed by atoms with Crippen LogP contribution in [0.2, 0.25) is 0 Å². The summed E-state index contributed by atoms with van der Waals surface area (Å²) in [5.74, 6) is 0.874. The lowest BCUT2D eigenvalue weighted by Crippen LogP contribution is -2.11. The Morgan fingerprint density at radius 3 is 2.90 bits per heavy atom. The third-order valence-corrected chi connectivity index (χ3v) is 2.90. The van der Waals surface area contributed by atoms with Gasteiger partial charge >= 0.3 is 5.97 Å². The molecule has 0 bridgehead atoms. The van der Waals surface area contributed by atoms with E-state index >= 15 is 0 Å². The van der Waals surface area contributed by atoms with Crippen molar-refractivity contribution < 1.29 is 9.53 Å². The number of nitrogens with zero attached hydrogens (tertiary/aromatic N) is 2. The fraction of sp³-hybridized carbons (Fsp3) is 0.500. The number of hydrogen-bond donors (Lipinski definition) is 1. The Hall–Kier alpha value is -1.56. The Balaban J connectivity index is 2.89. The molecule has 20 heavy (non-hydrogen) atoms. The highest BCUT2D eigenvalue weighted by molar-refractivity contribution is 7.98. The summed E-state index contributed by atoms with van der Waals surface area (Å²) in [5.41, 5.74) is 0.775. The van der Waals surface area contributed by atoms with E-state index in [1.54, 1.807) is 19.2 Å². The summed E-state index contributed by atoms with van der Waals surface area (Å²) in [5, 5.41) is 3.97. The smallest absolute Gasteiger partial charge is 0.330 e. The van der Waals surface area contributed by atoms with E-state index in [0.717, 1.165) is 17.9 Å². The fourth-order valence-corrected chi connectivity index (χ4v) is 1.73. The highest BCUT2D eigenvalue weighted by Gasteiger charge is 2.06. The van der Waals surface area contributed by atoms with Gasteiger partial charge in [-0.3, -0.25) is 0 Å². The van der Waals surface area contributed by atoms with Gasteiger partial charge in [0, 0.05) is 24.4 Å². The number of nitrogens with one attached hydrogen (secondary N) is 1. The number of thioether (sulfide) groups is 1. The van der Waals surface area contributed by atoms with Crippen LogP contribution in [0.4, 0.5) is 5.82 Å². The average Bonchev–Trinajstić information content (AvgIpc) is 2.43. The second-order valence-corrected chi connectivity index (χ2v) is 5.29. The third kappa shape index (κ3) is 5.61. The molecule has 1 aromatic rings. The van der Waals surface area contributed by atoms with Crippen LogP contribution in [-0.4, -0.2) is 35.3 Å². The van der Waals surface area contributed by atoms with Gasteiger partial charge in [-0.15, -0.1) is 0 Å². The quantitative estimate of drug-likeness (QED) is 0.361. The van der Waals surface area contributed by atoms with E-state index in [4.69, 9.17) is 4.74 Å². The number of carbonyl (C=O) groups is 1. The first kappa shape index (κ1) is 16.5. The Morgan fingerprint density at radius 1 is 1.55 bits per heavy atom. The normalized spacial score (nSPS) is 11.1. The number of hydrogen-bond acceptors (Lipinski definition) is 6. The maximum atomic E-state index is 11.3. The van der Waals surface area contributed by atoms with Gasteiger partial charge in [0.15, 0.2) is 5.16 Å². The van der Waals surface area contributed by atoms with Crippen LogP contribution in [0.5, 0.6) is 0 Å². The van der Waals surface area contributed by atoms with Crippen LogP contribution < -0.4 is 5.32 Å². The van der Waals surface area contributed by atoms with Crippen molar-refractivity contribution in [1.29, 1.82) is 0 Å². The van der Waals surface area contributed by atoms with E-state index < -0.39 is 0 Å². The summed E-state index contributed by atoms with van der Waals surface area (Å²) in [6, 6.07) is 0. The monoisotopic (exact) mass is 295 g/mol. The molecular weight excluding hydrogens is 274 g/mol. The Bertz CT molecular complexity index is 475. The second-order valence-electron chi connectivity index (χ2n) is 4.52. The Morgan fingerprint density at radius 2 is 2.30 bits per heavy atom. The number of carbonyl (C=O) groups excluding carboxylic acids is 1. The minimum atomic E-state index is -0.365. The molecule has 0 amide bonds. The molecule has 1 heterocycles. The van der Waals surface area contributed by atoms with Crippen molar-refractivity contribution >= 4 is 29.6 Å². The van der Waals surface area contributed by atoms with E-state index in [9.17, 15) is 4.79 Å². The summed E-state index contributed by atoms with van der Waals surface area (Å²) >= 11 is 1.48. The summed E-state index contributed by atoms with van der Waals surface area (Å²) < 4.78 is 4.86. The average molecular weight is 295 g/mol. The Kier molecular flexibility index (Phi) is 7.08. The predicted molar refractivity (Wildman–Crippen MR) is 82.8 cm³/mol. The predicted octanol–water partition coefficient (Wildman–Crippen LogP) is 2.84. The SMILES string of the molecule is CCOC(=O)/C=C/c1cnc(SC)nc1NCC(C)C. The molecule has 0 saturated heterocycles. The van der Waals surface area contributed by atoms with E-state index in [0.29, 0.717) is 17.7 Å². The molecule has 0 aliphatic heterocycles. The lowest BCUT2D eigenvalue weighted by Gasteiger charge is -2.11. The van der Waals surface area contributed by atoms with Gasteiger partial charge in [-0.2, -0.15) is 0 Å². The molecule has 0 aromatic carbocycles. The number of ether oxygens (including phenoxy) is 1. The zero-order valence-corrected chi connectivity index (χ0v) is 13.2. The first-order valence-electron chi connectivity index (χ1n) is 6.56. The summed E-state index contributed by atoms with van der Waals surface area (Å²) in [6.45, 7) is 7.20. The Labute approximate surface area is 124 Å². The van der Waals surface area contributed by atoms with Crippen molar-refractivity contribution in [2.45, 2.75) is 25.9 Å². The van der Waals surface area contributed by atoms with Crippen LogP contribution in [0.25, 0.3) is 6.08 Å². The lowest BCUT2D eigenvalue weighted by molar-refractivity contribution is -0.137. The standard InChI is InChI=1S/C14H21N3O2S/c1-5-19-12(18)7-6-11-9-16-14(20-4)17-13(11)15-8-10(2)3/h6-7,9-10H,5,8H2,1-4H3,(H,15,16,17)/b7-6+. The van der Waals surface area contributed by atoms with E-state index in [1.165, 1.54) is 17.8 Å². The van der Waals surface area contributed by atoms with Gasteiger partial charge in [-0.25, -0.2) is 14.8 Å². The first-order chi connectivity index (χ1) is 9.56. The van der Waals surface area contributed by atoms with Crippen molar-refractivity contribution in [3.63, 3.8) is 0 Å². The van der Waals surface area contributed by atoms with Gasteiger partial charge < -0.3 is 10.1 Å². The van der Waals surface area contributed by atoms with Crippen LogP contribution >= 0.6 is 11.8 Å². The largest absolute Gasteiger partial charge is 0.463 e. The molecule has 0 aliphatic rings. The van der Waals surface area contributed by atoms with Gasteiger partial charge in [0.1, 0.15) is 5.82 Å². The molecule has 0 saturated carbocycles. The molecule has 110 valence electrons. The molecule has 0 spiro atoms. The molecule has 0 fully saturated rings. The molecular formula is C14H21N3O2S. The molecule has 0 radical (unpaired) electrons. The maximum absolute atomic E-state index is 11.3. The zero-order chi connectivity index (χ0) is 15.0. The van der Waals surface area contributed by atoms with Crippen LogP contribution in [0.1, 0.15) is 26.3 Å². The van der Waals surface area contributed by atoms with Crippen LogP contribution in [0.3, 0.4) is 0 Å². The van der Waals surface area contributed by atoms with Gasteiger partial charge in [-0.1, -0.05) is 25.6 Å². The highest BCUT2D eigenvalue weighted by Crippen LogP contribution is 2.18. The minimum Gasteiger partial charge on any atom is -0.463 e. The van der Waals surface area contributed by atoms with Crippen molar-refractivity contribution in [1.82, 2.24) is 9.97 Å². The summed E-state index contributed by atoms with van der Waals surface area (Å²) in [6.07, 6.45) is 6.69. The van der Waals surface area contributed by atoms with Crippen molar-refractivity contribution in [3.8, 4) is 0 Å². The van der Waals surface area contributed by atoms with Crippen molar-refractivity contribution in [3.05, 3.63) is 17.8 Å². The molecule has 1 N–H and O–H groups in total. The third-order valence-electron chi connectivity index (χ3n) is 2.34. The van der Waals surface area contributed by atoms with Crippen molar-refractivity contribution in [2.75, 3.05) is 24.7 Å². The molecule has 0 unspecified atom stereocenters. The number of anilines is 1. The number of rotatable bonds is 7. The molecule has 1 aromatic heterocycles. The van der Waals surface area contributed by atoms with E-state index in [2.05, 4.69) is 29.1 Å². The molecule has 5 nitrogen and oxygen atoms in total. The van der Waals surface area contributed by atoms with Crippen LogP contribution in [0.15, 0.2) is 17.4 Å². The van der Waals surface area contributed by atoms with E-state index in [-0.39, 0.29) is 5.97 Å². The number of esters is 1. The summed E-state index contributed by atoms with van der Waals surface area (Å²) in [7, 11) is 0. The molecule has 6 heteroatoms. The molecule has 0 atom stereocenters. The van der Waals surface area contributed by atoms with Crippen molar-refractivity contribution in [2.24, 2.45) is 5.92 Å². The highest BCUT2D eigenvalue weighted by atomic mass is 32.2. The minimum absolute atomic E-state index is 0.365. The van der Waals surface area contributed by atoms with Gasteiger partial charge in [0.05, 0.1) is 6.61 Å². The first-order valence-corrected chi connectivity index (χ1v) is 7.79. The zero-order valence-electron chi connectivity index (χ0n) is 12.3. The maximum Gasteiger partial charge on any atom is 0.330 e. The fourth-order valence-electron chi connectivity index (χ4n) is 1.39. The summed E-state index contributed by atoms with van der Waals surface area (Å²) in [4.78, 5) is 20.0. The topological polar surface area (TPSA) is 64.1 Å². The van der Waals surface area contributed by atoms with Crippen LogP contribution in [-0.2, 0) is 9.53 Å². The number of aromatic nitrogens is 2. The van der Waals surface area contributed by atoms with Gasteiger partial charge in [0.25, 0.3) is 0 Å². The molecule has 0 aliphatic carbocycles. The van der Waals surface area contributed by atoms with E-state index in [1.807, 2.05) is 6.26 Å². The molecule has 1 rings (SSSR count). The lowest BCUT2D eigenvalue weighted by atomic mass is 10.2. The van der Waals surface area contributed by atoms with Crippen LogP contribution in [0, 0.1) is 5.92 Å². The van der Waals surface area contributed by atoms with Gasteiger partial charge in [0.2, 0.25) is 0 Å². The second kappa shape index (κ2) is 8.58.